The summed E-state index contributed by atoms with van der Waals surface area (Å²) in [6.07, 6.45) is 3.75. The van der Waals surface area contributed by atoms with E-state index in [4.69, 9.17) is 4.74 Å². The van der Waals surface area contributed by atoms with Crippen molar-refractivity contribution in [3.8, 4) is 0 Å². The van der Waals surface area contributed by atoms with E-state index in [1.165, 1.54) is 0 Å². The molecule has 0 bridgehead atoms. The van der Waals surface area contributed by atoms with Gasteiger partial charge in [-0.15, -0.1) is 0 Å². The first-order valence-electron chi connectivity index (χ1n) is 8.26. The fraction of sp³-hybridized carbons (Fsp3) is 0.941. The lowest BCUT2D eigenvalue weighted by molar-refractivity contribution is -0.136. The van der Waals surface area contributed by atoms with E-state index < -0.39 is 5.67 Å². The van der Waals surface area contributed by atoms with Crippen LogP contribution in [0.1, 0.15) is 60.3 Å². The SMILES string of the molecule is CC.CC(C)C1(C(=O)N(C)C)CC1.CCCC1(F)COC1. The van der Waals surface area contributed by atoms with Crippen molar-refractivity contribution in [3.05, 3.63) is 0 Å². The average molecular weight is 303 g/mol. The van der Waals surface area contributed by atoms with Crippen molar-refractivity contribution in [2.45, 2.75) is 66.0 Å². The number of hydrogen-bond donors (Lipinski definition) is 0. The van der Waals surface area contributed by atoms with Crippen molar-refractivity contribution < 1.29 is 13.9 Å². The molecule has 4 heteroatoms. The lowest BCUT2D eigenvalue weighted by Gasteiger charge is -2.33. The van der Waals surface area contributed by atoms with Crippen LogP contribution in [0.2, 0.25) is 0 Å². The molecule has 126 valence electrons. The highest BCUT2D eigenvalue weighted by Gasteiger charge is 2.52. The minimum absolute atomic E-state index is 0.0174. The lowest BCUT2D eigenvalue weighted by Crippen LogP contribution is -2.45. The Labute approximate surface area is 130 Å². The zero-order valence-electron chi connectivity index (χ0n) is 15.0. The van der Waals surface area contributed by atoms with Crippen LogP contribution in [0.4, 0.5) is 4.39 Å². The van der Waals surface area contributed by atoms with Gasteiger partial charge in [-0.2, -0.15) is 0 Å². The van der Waals surface area contributed by atoms with E-state index in [2.05, 4.69) is 13.8 Å². The normalized spacial score (nSPS) is 20.2. The van der Waals surface area contributed by atoms with Crippen molar-refractivity contribution in [3.63, 3.8) is 0 Å². The first-order chi connectivity index (χ1) is 9.77. The lowest BCUT2D eigenvalue weighted by atomic mass is 9.91. The Morgan fingerprint density at radius 2 is 1.71 bits per heavy atom. The van der Waals surface area contributed by atoms with Gasteiger partial charge in [0.2, 0.25) is 5.91 Å². The highest BCUT2D eigenvalue weighted by Crippen LogP contribution is 2.52. The number of amides is 1. The van der Waals surface area contributed by atoms with Crippen LogP contribution in [-0.4, -0.2) is 43.8 Å². The fourth-order valence-corrected chi connectivity index (χ4v) is 2.53. The summed E-state index contributed by atoms with van der Waals surface area (Å²) in [6.45, 7) is 10.9. The summed E-state index contributed by atoms with van der Waals surface area (Å²) in [5, 5.41) is 0. The van der Waals surface area contributed by atoms with Gasteiger partial charge < -0.3 is 9.64 Å². The Morgan fingerprint density at radius 3 is 1.81 bits per heavy atom. The Hall–Kier alpha value is -0.640. The molecular weight excluding hydrogens is 269 g/mol. The molecule has 1 saturated carbocycles. The predicted octanol–water partition coefficient (Wildman–Crippen LogP) is 4.06. The smallest absolute Gasteiger partial charge is 0.228 e. The van der Waals surface area contributed by atoms with Crippen molar-refractivity contribution >= 4 is 5.91 Å². The third-order valence-electron chi connectivity index (χ3n) is 4.15. The molecule has 1 aliphatic carbocycles. The molecule has 0 atom stereocenters. The molecule has 2 rings (SSSR count). The zero-order chi connectivity index (χ0) is 16.7. The third kappa shape index (κ3) is 5.57. The van der Waals surface area contributed by atoms with Crippen LogP contribution in [0.5, 0.6) is 0 Å². The molecule has 0 radical (unpaired) electrons. The van der Waals surface area contributed by atoms with Gasteiger partial charge in [0, 0.05) is 14.1 Å². The molecule has 21 heavy (non-hydrogen) atoms. The summed E-state index contributed by atoms with van der Waals surface area (Å²) in [5.74, 6) is 0.810. The van der Waals surface area contributed by atoms with Crippen LogP contribution < -0.4 is 0 Å². The summed E-state index contributed by atoms with van der Waals surface area (Å²) in [5.41, 5.74) is -0.932. The first-order valence-corrected chi connectivity index (χ1v) is 8.26. The van der Waals surface area contributed by atoms with E-state index >= 15 is 0 Å². The summed E-state index contributed by atoms with van der Waals surface area (Å²) in [6, 6.07) is 0. The molecule has 2 aliphatic rings. The van der Waals surface area contributed by atoms with Crippen LogP contribution in [0, 0.1) is 11.3 Å². The Morgan fingerprint density at radius 1 is 1.24 bits per heavy atom. The van der Waals surface area contributed by atoms with Gasteiger partial charge >= 0.3 is 0 Å². The molecule has 0 unspecified atom stereocenters. The van der Waals surface area contributed by atoms with E-state index in [1.54, 1.807) is 4.90 Å². The number of hydrogen-bond acceptors (Lipinski definition) is 2. The number of halogens is 1. The largest absolute Gasteiger partial charge is 0.375 e. The van der Waals surface area contributed by atoms with Crippen molar-refractivity contribution in [1.29, 1.82) is 0 Å². The van der Waals surface area contributed by atoms with Gasteiger partial charge in [0.1, 0.15) is 0 Å². The van der Waals surface area contributed by atoms with E-state index in [-0.39, 0.29) is 5.41 Å². The molecule has 1 aliphatic heterocycles. The van der Waals surface area contributed by atoms with E-state index in [0.717, 1.165) is 19.3 Å². The summed E-state index contributed by atoms with van der Waals surface area (Å²) in [7, 11) is 3.68. The number of carbonyl (C=O) groups is 1. The second-order valence-corrected chi connectivity index (χ2v) is 6.40. The van der Waals surface area contributed by atoms with Crippen molar-refractivity contribution in [2.24, 2.45) is 11.3 Å². The maximum absolute atomic E-state index is 12.8. The molecular formula is C17H34FNO2. The summed E-state index contributed by atoms with van der Waals surface area (Å²) < 4.78 is 17.5. The number of nitrogens with zero attached hydrogens (tertiary/aromatic N) is 1. The van der Waals surface area contributed by atoms with Gasteiger partial charge in [0.15, 0.2) is 5.67 Å². The van der Waals surface area contributed by atoms with E-state index in [0.29, 0.717) is 31.5 Å². The molecule has 0 aromatic rings. The molecule has 1 heterocycles. The van der Waals surface area contributed by atoms with Gasteiger partial charge in [-0.05, 0) is 25.2 Å². The number of rotatable bonds is 4. The minimum Gasteiger partial charge on any atom is -0.375 e. The Kier molecular flexibility index (Phi) is 8.45. The maximum atomic E-state index is 12.8. The molecule has 0 aromatic heterocycles. The van der Waals surface area contributed by atoms with Crippen molar-refractivity contribution in [2.75, 3.05) is 27.3 Å². The fourth-order valence-electron chi connectivity index (χ4n) is 2.53. The average Bonchev–Trinajstić information content (AvgIpc) is 3.21. The maximum Gasteiger partial charge on any atom is 0.228 e. The van der Waals surface area contributed by atoms with Crippen molar-refractivity contribution in [1.82, 2.24) is 4.90 Å². The molecule has 0 aromatic carbocycles. The van der Waals surface area contributed by atoms with Gasteiger partial charge in [-0.1, -0.05) is 41.0 Å². The molecule has 2 fully saturated rings. The quantitative estimate of drug-likeness (QED) is 0.784. The number of ether oxygens (including phenoxy) is 1. The zero-order valence-corrected chi connectivity index (χ0v) is 15.0. The minimum atomic E-state index is -0.950. The second kappa shape index (κ2) is 8.72. The second-order valence-electron chi connectivity index (χ2n) is 6.40. The van der Waals surface area contributed by atoms with Gasteiger partial charge in [0.25, 0.3) is 0 Å². The highest BCUT2D eigenvalue weighted by molar-refractivity contribution is 5.85. The molecule has 3 nitrogen and oxygen atoms in total. The number of carbonyl (C=O) groups excluding carboxylic acids is 1. The van der Waals surface area contributed by atoms with Crippen LogP contribution in [0.25, 0.3) is 0 Å². The topological polar surface area (TPSA) is 29.5 Å². The van der Waals surface area contributed by atoms with Gasteiger partial charge in [0.05, 0.1) is 18.6 Å². The monoisotopic (exact) mass is 303 g/mol. The molecule has 0 N–H and O–H groups in total. The van der Waals surface area contributed by atoms with E-state index in [1.807, 2.05) is 34.9 Å². The van der Waals surface area contributed by atoms with Crippen LogP contribution >= 0.6 is 0 Å². The highest BCUT2D eigenvalue weighted by atomic mass is 19.1. The van der Waals surface area contributed by atoms with Crippen LogP contribution in [0.15, 0.2) is 0 Å². The van der Waals surface area contributed by atoms with Crippen LogP contribution in [0.3, 0.4) is 0 Å². The Bertz CT molecular complexity index is 308. The predicted molar refractivity (Wildman–Crippen MR) is 86.1 cm³/mol. The third-order valence-corrected chi connectivity index (χ3v) is 4.15. The summed E-state index contributed by atoms with van der Waals surface area (Å²) in [4.78, 5) is 13.3. The standard InChI is InChI=1S/C9H17NO.C6H11FO.C2H6/c1-7(2)9(5-6-9)8(11)10(3)4;1-2-3-6(7)4-8-5-6;1-2/h7H,5-6H2,1-4H3;2-5H2,1H3;1-2H3. The number of alkyl halides is 1. The van der Waals surface area contributed by atoms with Gasteiger partial charge in [-0.3, -0.25) is 4.79 Å². The molecule has 1 saturated heterocycles. The Balaban J connectivity index is 0.000000354. The molecule has 0 spiro atoms. The molecule has 1 amide bonds. The van der Waals surface area contributed by atoms with E-state index in [9.17, 15) is 9.18 Å². The first kappa shape index (κ1) is 20.4. The van der Waals surface area contributed by atoms with Crippen LogP contribution in [-0.2, 0) is 9.53 Å². The summed E-state index contributed by atoms with van der Waals surface area (Å²) >= 11 is 0. The van der Waals surface area contributed by atoms with Gasteiger partial charge in [-0.25, -0.2) is 4.39 Å².